The maximum absolute atomic E-state index is 11.5. The number of carbonyl (C=O) groups excluding carboxylic acids is 1. The molecule has 1 aliphatic carbocycles. The lowest BCUT2D eigenvalue weighted by Crippen LogP contribution is -2.21. The number of aliphatic hydroxyl groups is 3. The Morgan fingerprint density at radius 2 is 2.03 bits per heavy atom. The van der Waals surface area contributed by atoms with Crippen molar-refractivity contribution in [3.05, 3.63) is 53.6 Å². The number of carbonyl (C=O) groups is 1. The summed E-state index contributed by atoms with van der Waals surface area (Å²) in [5.41, 5.74) is 0. The van der Waals surface area contributed by atoms with Gasteiger partial charge in [-0.15, -0.1) is 0 Å². The molecule has 1 aromatic carbocycles. The number of benzene rings is 1. The summed E-state index contributed by atoms with van der Waals surface area (Å²) in [4.78, 5) is 11.5. The number of ether oxygens (including phenoxy) is 2. The summed E-state index contributed by atoms with van der Waals surface area (Å²) in [6, 6.07) is 6.94. The predicted octanol–water partition coefficient (Wildman–Crippen LogP) is 4.06. The monoisotopic (exact) mass is 466 g/mol. The molecule has 178 valence electrons. The van der Waals surface area contributed by atoms with Gasteiger partial charge in [0.25, 0.3) is 0 Å². The van der Waals surface area contributed by atoms with Gasteiger partial charge in [0.2, 0.25) is 0 Å². The summed E-state index contributed by atoms with van der Waals surface area (Å²) in [5, 5.41) is 31.5. The first kappa shape index (κ1) is 26.4. The van der Waals surface area contributed by atoms with Crippen LogP contribution in [0, 0.1) is 11.8 Å². The summed E-state index contributed by atoms with van der Waals surface area (Å²) >= 11 is 5.92. The van der Waals surface area contributed by atoms with E-state index < -0.39 is 18.3 Å². The van der Waals surface area contributed by atoms with Crippen molar-refractivity contribution in [1.82, 2.24) is 0 Å². The molecule has 3 N–H and O–H groups in total. The molecule has 5 atom stereocenters. The number of hydrogen-bond donors (Lipinski definition) is 3. The van der Waals surface area contributed by atoms with Gasteiger partial charge in [-0.2, -0.15) is 0 Å². The fraction of sp³-hybridized carbons (Fsp3) is 0.560. The van der Waals surface area contributed by atoms with E-state index in [0.29, 0.717) is 36.5 Å². The Balaban J connectivity index is 1.78. The van der Waals surface area contributed by atoms with Gasteiger partial charge in [-0.3, -0.25) is 4.79 Å². The lowest BCUT2D eigenvalue weighted by Gasteiger charge is -2.19. The van der Waals surface area contributed by atoms with E-state index in [-0.39, 0.29) is 30.5 Å². The third-order valence-electron chi connectivity index (χ3n) is 5.38. The highest BCUT2D eigenvalue weighted by atomic mass is 35.5. The third kappa shape index (κ3) is 9.33. The Morgan fingerprint density at radius 1 is 1.25 bits per heavy atom. The van der Waals surface area contributed by atoms with Crippen LogP contribution in [-0.2, 0) is 9.53 Å². The molecule has 0 unspecified atom stereocenters. The van der Waals surface area contributed by atoms with Crippen LogP contribution in [0.4, 0.5) is 0 Å². The summed E-state index contributed by atoms with van der Waals surface area (Å²) in [7, 11) is 0. The number of halogens is 1. The fourth-order valence-electron chi connectivity index (χ4n) is 3.81. The Hall–Kier alpha value is -1.86. The SMILES string of the molecule is CC(C)OC(=O)CCC/C=C\C[C@@H]1[C@@H](/C=C/[C@H](O)COc2cccc(Cl)c2)[C@H](O)C[C@@H]1O. The van der Waals surface area contributed by atoms with Crippen LogP contribution in [0.1, 0.15) is 46.0 Å². The first-order valence-electron chi connectivity index (χ1n) is 11.2. The Morgan fingerprint density at radius 3 is 2.75 bits per heavy atom. The van der Waals surface area contributed by atoms with E-state index in [1.54, 1.807) is 36.4 Å². The number of unbranched alkanes of at least 4 members (excludes halogenated alkanes) is 1. The molecule has 32 heavy (non-hydrogen) atoms. The fourth-order valence-corrected chi connectivity index (χ4v) is 3.99. The standard InChI is InChI=1S/C25H35ClO6/c1-17(2)32-25(30)11-6-4-3-5-10-21-22(24(29)15-23(21)28)13-12-19(27)16-31-20-9-7-8-18(26)14-20/h3,5,7-9,12-14,17,19,21-24,27-29H,4,6,10-11,15-16H2,1-2H3/b5-3-,13-12+/t19-,21+,22+,23-,24+/m0/s1. The van der Waals surface area contributed by atoms with E-state index in [9.17, 15) is 20.1 Å². The summed E-state index contributed by atoms with van der Waals surface area (Å²) in [5.74, 6) is -0.00598. The molecule has 2 rings (SSSR count). The molecule has 1 fully saturated rings. The molecular formula is C25H35ClO6. The quantitative estimate of drug-likeness (QED) is 0.244. The first-order chi connectivity index (χ1) is 15.3. The van der Waals surface area contributed by atoms with Crippen molar-refractivity contribution >= 4 is 17.6 Å². The molecule has 7 heteroatoms. The molecule has 1 saturated carbocycles. The van der Waals surface area contributed by atoms with Crippen molar-refractivity contribution in [3.63, 3.8) is 0 Å². The van der Waals surface area contributed by atoms with Crippen LogP contribution in [0.15, 0.2) is 48.6 Å². The average Bonchev–Trinajstić information content (AvgIpc) is 2.99. The molecule has 0 amide bonds. The van der Waals surface area contributed by atoms with E-state index in [0.717, 1.165) is 6.42 Å². The van der Waals surface area contributed by atoms with Crippen LogP contribution in [0.3, 0.4) is 0 Å². The van der Waals surface area contributed by atoms with E-state index in [2.05, 4.69) is 0 Å². The smallest absolute Gasteiger partial charge is 0.306 e. The molecular weight excluding hydrogens is 432 g/mol. The Kier molecular flexibility index (Phi) is 11.2. The molecule has 0 aliphatic heterocycles. The topological polar surface area (TPSA) is 96.2 Å². The molecule has 0 aromatic heterocycles. The van der Waals surface area contributed by atoms with Crippen LogP contribution in [0.25, 0.3) is 0 Å². The molecule has 0 radical (unpaired) electrons. The van der Waals surface area contributed by atoms with Gasteiger partial charge in [0.15, 0.2) is 0 Å². The van der Waals surface area contributed by atoms with Crippen LogP contribution >= 0.6 is 11.6 Å². The van der Waals surface area contributed by atoms with E-state index in [4.69, 9.17) is 21.1 Å². The van der Waals surface area contributed by atoms with Crippen molar-refractivity contribution < 1.29 is 29.6 Å². The van der Waals surface area contributed by atoms with Gasteiger partial charge in [0.1, 0.15) is 18.5 Å². The van der Waals surface area contributed by atoms with E-state index in [1.165, 1.54) is 0 Å². The lowest BCUT2D eigenvalue weighted by atomic mass is 9.89. The van der Waals surface area contributed by atoms with Crippen LogP contribution in [0.2, 0.25) is 5.02 Å². The highest BCUT2D eigenvalue weighted by Crippen LogP contribution is 2.36. The van der Waals surface area contributed by atoms with Crippen LogP contribution in [-0.4, -0.2) is 52.3 Å². The predicted molar refractivity (Wildman–Crippen MR) is 125 cm³/mol. The minimum absolute atomic E-state index is 0.0615. The van der Waals surface area contributed by atoms with Crippen molar-refractivity contribution in [2.45, 2.75) is 70.4 Å². The number of hydrogen-bond acceptors (Lipinski definition) is 6. The minimum Gasteiger partial charge on any atom is -0.491 e. The van der Waals surface area contributed by atoms with Gasteiger partial charge in [-0.25, -0.2) is 0 Å². The molecule has 6 nitrogen and oxygen atoms in total. The second kappa shape index (κ2) is 13.6. The van der Waals surface area contributed by atoms with Crippen LogP contribution < -0.4 is 4.74 Å². The lowest BCUT2D eigenvalue weighted by molar-refractivity contribution is -0.147. The molecule has 0 heterocycles. The maximum Gasteiger partial charge on any atom is 0.306 e. The van der Waals surface area contributed by atoms with Crippen molar-refractivity contribution in [2.75, 3.05) is 6.61 Å². The summed E-state index contributed by atoms with van der Waals surface area (Å²) in [6.07, 6.45) is 7.90. The van der Waals surface area contributed by atoms with Crippen molar-refractivity contribution in [1.29, 1.82) is 0 Å². The van der Waals surface area contributed by atoms with Gasteiger partial charge in [-0.1, -0.05) is 42.0 Å². The van der Waals surface area contributed by atoms with Crippen molar-refractivity contribution in [2.24, 2.45) is 11.8 Å². The van der Waals surface area contributed by atoms with Crippen molar-refractivity contribution in [3.8, 4) is 5.75 Å². The number of allylic oxidation sites excluding steroid dienone is 2. The zero-order chi connectivity index (χ0) is 23.5. The molecule has 1 aliphatic rings. The number of rotatable bonds is 12. The molecule has 0 saturated heterocycles. The van der Waals surface area contributed by atoms with Gasteiger partial charge in [0, 0.05) is 23.8 Å². The van der Waals surface area contributed by atoms with E-state index >= 15 is 0 Å². The minimum atomic E-state index is -0.847. The molecule has 1 aromatic rings. The summed E-state index contributed by atoms with van der Waals surface area (Å²) < 4.78 is 10.6. The number of esters is 1. The Labute approximate surface area is 195 Å². The first-order valence-corrected chi connectivity index (χ1v) is 11.6. The molecule has 0 bridgehead atoms. The van der Waals surface area contributed by atoms with Gasteiger partial charge in [-0.05, 0) is 57.2 Å². The van der Waals surface area contributed by atoms with Gasteiger partial charge in [0.05, 0.1) is 18.3 Å². The molecule has 0 spiro atoms. The number of aliphatic hydroxyl groups excluding tert-OH is 3. The Bertz CT molecular complexity index is 763. The summed E-state index contributed by atoms with van der Waals surface area (Å²) in [6.45, 7) is 3.72. The van der Waals surface area contributed by atoms with Gasteiger partial charge < -0.3 is 24.8 Å². The van der Waals surface area contributed by atoms with Gasteiger partial charge >= 0.3 is 5.97 Å². The zero-order valence-corrected chi connectivity index (χ0v) is 19.5. The normalized spacial score (nSPS) is 24.5. The average molecular weight is 467 g/mol. The third-order valence-corrected chi connectivity index (χ3v) is 5.62. The largest absolute Gasteiger partial charge is 0.491 e. The highest BCUT2D eigenvalue weighted by molar-refractivity contribution is 6.30. The zero-order valence-electron chi connectivity index (χ0n) is 18.8. The second-order valence-corrected chi connectivity index (χ2v) is 8.91. The maximum atomic E-state index is 11.5. The second-order valence-electron chi connectivity index (χ2n) is 8.47. The highest BCUT2D eigenvalue weighted by Gasteiger charge is 2.39. The van der Waals surface area contributed by atoms with E-state index in [1.807, 2.05) is 26.0 Å². The van der Waals surface area contributed by atoms with Crippen LogP contribution in [0.5, 0.6) is 5.75 Å².